The highest BCUT2D eigenvalue weighted by atomic mass is 16.4. The molecule has 2 atom stereocenters. The SMILES string of the molecule is CC(C)CCC(C)NC(=O)N1CCCC(CCC(=O)O)C1. The Morgan fingerprint density at radius 2 is 2.00 bits per heavy atom. The second kappa shape index (κ2) is 8.90. The Kier molecular flexibility index (Phi) is 7.54. The molecular weight excluding hydrogens is 268 g/mol. The van der Waals surface area contributed by atoms with Crippen molar-refractivity contribution < 1.29 is 14.7 Å². The number of urea groups is 1. The van der Waals surface area contributed by atoms with Crippen LogP contribution in [-0.4, -0.2) is 41.1 Å². The van der Waals surface area contributed by atoms with Gasteiger partial charge in [-0.05, 0) is 50.9 Å². The molecule has 0 aliphatic carbocycles. The van der Waals surface area contributed by atoms with Crippen LogP contribution in [0.5, 0.6) is 0 Å². The third-order valence-electron chi connectivity index (χ3n) is 4.12. The van der Waals surface area contributed by atoms with Crippen molar-refractivity contribution in [2.24, 2.45) is 11.8 Å². The molecule has 2 amide bonds. The lowest BCUT2D eigenvalue weighted by Crippen LogP contribution is -2.48. The first-order valence-corrected chi connectivity index (χ1v) is 8.15. The summed E-state index contributed by atoms with van der Waals surface area (Å²) in [6.45, 7) is 7.90. The van der Waals surface area contributed by atoms with Gasteiger partial charge < -0.3 is 15.3 Å². The van der Waals surface area contributed by atoms with E-state index in [0.717, 1.165) is 32.2 Å². The highest BCUT2D eigenvalue weighted by molar-refractivity contribution is 5.74. The summed E-state index contributed by atoms with van der Waals surface area (Å²) in [4.78, 5) is 24.7. The van der Waals surface area contributed by atoms with Gasteiger partial charge in [0, 0.05) is 25.6 Å². The zero-order valence-electron chi connectivity index (χ0n) is 13.6. The van der Waals surface area contributed by atoms with Gasteiger partial charge in [0.05, 0.1) is 0 Å². The van der Waals surface area contributed by atoms with Crippen LogP contribution in [0.15, 0.2) is 0 Å². The Balaban J connectivity index is 2.34. The highest BCUT2D eigenvalue weighted by Gasteiger charge is 2.24. The molecule has 1 aliphatic heterocycles. The first-order chi connectivity index (χ1) is 9.88. The number of hydrogen-bond acceptors (Lipinski definition) is 2. The Morgan fingerprint density at radius 1 is 1.29 bits per heavy atom. The Labute approximate surface area is 128 Å². The van der Waals surface area contributed by atoms with Gasteiger partial charge in [0.1, 0.15) is 0 Å². The quantitative estimate of drug-likeness (QED) is 0.759. The number of hydrogen-bond donors (Lipinski definition) is 2. The fourth-order valence-corrected chi connectivity index (χ4v) is 2.77. The fraction of sp³-hybridized carbons (Fsp3) is 0.875. The standard InChI is InChI=1S/C16H30N2O3/c1-12(2)6-7-13(3)17-16(21)18-10-4-5-14(11-18)8-9-15(19)20/h12-14H,4-11H2,1-3H3,(H,17,21)(H,19,20). The lowest BCUT2D eigenvalue weighted by molar-refractivity contribution is -0.137. The number of carbonyl (C=O) groups is 2. The van der Waals surface area contributed by atoms with Crippen molar-refractivity contribution in [3.63, 3.8) is 0 Å². The van der Waals surface area contributed by atoms with Crippen LogP contribution in [0.25, 0.3) is 0 Å². The average Bonchev–Trinajstić information content (AvgIpc) is 2.43. The molecule has 1 heterocycles. The summed E-state index contributed by atoms with van der Waals surface area (Å²) in [5, 5.41) is 11.8. The zero-order valence-corrected chi connectivity index (χ0v) is 13.6. The highest BCUT2D eigenvalue weighted by Crippen LogP contribution is 2.21. The van der Waals surface area contributed by atoms with Gasteiger partial charge >= 0.3 is 12.0 Å². The van der Waals surface area contributed by atoms with E-state index in [4.69, 9.17) is 5.11 Å². The number of carboxylic acids is 1. The van der Waals surface area contributed by atoms with Crippen LogP contribution in [0.1, 0.15) is 59.3 Å². The number of likely N-dealkylation sites (tertiary alicyclic amines) is 1. The first-order valence-electron chi connectivity index (χ1n) is 8.15. The summed E-state index contributed by atoms with van der Waals surface area (Å²) in [6, 6.07) is 0.200. The zero-order chi connectivity index (χ0) is 15.8. The van der Waals surface area contributed by atoms with E-state index in [2.05, 4.69) is 19.2 Å². The van der Waals surface area contributed by atoms with Crippen molar-refractivity contribution in [3.8, 4) is 0 Å². The van der Waals surface area contributed by atoms with Crippen molar-refractivity contribution in [3.05, 3.63) is 0 Å². The van der Waals surface area contributed by atoms with Crippen molar-refractivity contribution in [2.75, 3.05) is 13.1 Å². The lowest BCUT2D eigenvalue weighted by atomic mass is 9.93. The minimum absolute atomic E-state index is 0.00582. The maximum absolute atomic E-state index is 12.2. The molecule has 0 aromatic rings. The van der Waals surface area contributed by atoms with Crippen molar-refractivity contribution in [1.82, 2.24) is 10.2 Å². The molecule has 2 unspecified atom stereocenters. The van der Waals surface area contributed by atoms with E-state index in [9.17, 15) is 9.59 Å². The molecular formula is C16H30N2O3. The van der Waals surface area contributed by atoms with Gasteiger partial charge in [0.25, 0.3) is 0 Å². The number of carbonyl (C=O) groups excluding carboxylic acids is 1. The smallest absolute Gasteiger partial charge is 0.317 e. The van der Waals surface area contributed by atoms with Crippen LogP contribution >= 0.6 is 0 Å². The maximum Gasteiger partial charge on any atom is 0.317 e. The van der Waals surface area contributed by atoms with Crippen LogP contribution in [-0.2, 0) is 4.79 Å². The Hall–Kier alpha value is -1.26. The van der Waals surface area contributed by atoms with Gasteiger partial charge in [-0.3, -0.25) is 4.79 Å². The summed E-state index contributed by atoms with van der Waals surface area (Å²) >= 11 is 0. The van der Waals surface area contributed by atoms with E-state index >= 15 is 0 Å². The second-order valence-electron chi connectivity index (χ2n) is 6.71. The molecule has 0 radical (unpaired) electrons. The average molecular weight is 298 g/mol. The van der Waals surface area contributed by atoms with Gasteiger partial charge in [-0.2, -0.15) is 0 Å². The molecule has 2 N–H and O–H groups in total. The van der Waals surface area contributed by atoms with Crippen LogP contribution < -0.4 is 5.32 Å². The third-order valence-corrected chi connectivity index (χ3v) is 4.12. The van der Waals surface area contributed by atoms with Crippen LogP contribution in [0.4, 0.5) is 4.79 Å². The molecule has 1 fully saturated rings. The summed E-state index contributed by atoms with van der Waals surface area (Å²) in [6.07, 6.45) is 4.98. The topological polar surface area (TPSA) is 69.6 Å². The van der Waals surface area contributed by atoms with E-state index in [1.54, 1.807) is 0 Å². The van der Waals surface area contributed by atoms with Crippen LogP contribution in [0.3, 0.4) is 0 Å². The van der Waals surface area contributed by atoms with Crippen LogP contribution in [0.2, 0.25) is 0 Å². The molecule has 5 nitrogen and oxygen atoms in total. The third kappa shape index (κ3) is 7.34. The molecule has 21 heavy (non-hydrogen) atoms. The fourth-order valence-electron chi connectivity index (χ4n) is 2.77. The molecule has 1 aliphatic rings. The maximum atomic E-state index is 12.2. The van der Waals surface area contributed by atoms with Crippen molar-refractivity contribution >= 4 is 12.0 Å². The van der Waals surface area contributed by atoms with Gasteiger partial charge in [-0.15, -0.1) is 0 Å². The summed E-state index contributed by atoms with van der Waals surface area (Å²) in [5.41, 5.74) is 0. The summed E-state index contributed by atoms with van der Waals surface area (Å²) < 4.78 is 0. The Morgan fingerprint density at radius 3 is 2.62 bits per heavy atom. The van der Waals surface area contributed by atoms with E-state index < -0.39 is 5.97 Å². The number of rotatable bonds is 7. The second-order valence-corrected chi connectivity index (χ2v) is 6.71. The molecule has 122 valence electrons. The minimum Gasteiger partial charge on any atom is -0.481 e. The first kappa shape index (κ1) is 17.8. The molecule has 1 saturated heterocycles. The molecule has 0 aromatic carbocycles. The predicted molar refractivity (Wildman–Crippen MR) is 83.2 cm³/mol. The number of carboxylic acid groups (broad SMARTS) is 1. The molecule has 0 saturated carbocycles. The minimum atomic E-state index is -0.751. The monoisotopic (exact) mass is 298 g/mol. The van der Waals surface area contributed by atoms with Crippen LogP contribution in [0, 0.1) is 11.8 Å². The predicted octanol–water partition coefficient (Wildman–Crippen LogP) is 3.10. The van der Waals surface area contributed by atoms with Gasteiger partial charge in [0.15, 0.2) is 0 Å². The molecule has 1 rings (SSSR count). The molecule has 0 bridgehead atoms. The van der Waals surface area contributed by atoms with Gasteiger partial charge in [-0.1, -0.05) is 13.8 Å². The van der Waals surface area contributed by atoms with E-state index in [0.29, 0.717) is 24.8 Å². The lowest BCUT2D eigenvalue weighted by Gasteiger charge is -2.33. The molecule has 0 aromatic heterocycles. The largest absolute Gasteiger partial charge is 0.481 e. The number of nitrogens with zero attached hydrogens (tertiary/aromatic N) is 1. The van der Waals surface area contributed by atoms with E-state index in [1.165, 1.54) is 0 Å². The van der Waals surface area contributed by atoms with E-state index in [1.807, 2.05) is 11.8 Å². The summed E-state index contributed by atoms with van der Waals surface area (Å²) in [7, 11) is 0. The Bertz CT molecular complexity index is 344. The molecule has 5 heteroatoms. The van der Waals surface area contributed by atoms with Gasteiger partial charge in [0.2, 0.25) is 0 Å². The van der Waals surface area contributed by atoms with Gasteiger partial charge in [-0.25, -0.2) is 4.79 Å². The number of nitrogens with one attached hydrogen (secondary N) is 1. The normalized spacial score (nSPS) is 20.4. The van der Waals surface area contributed by atoms with Crippen molar-refractivity contribution in [1.29, 1.82) is 0 Å². The van der Waals surface area contributed by atoms with Crippen molar-refractivity contribution in [2.45, 2.75) is 65.3 Å². The molecule has 0 spiro atoms. The number of amides is 2. The van der Waals surface area contributed by atoms with E-state index in [-0.39, 0.29) is 18.5 Å². The summed E-state index contributed by atoms with van der Waals surface area (Å²) in [5.74, 6) is 0.227. The number of piperidine rings is 1. The number of aliphatic carboxylic acids is 1.